The number of carbonyl (C=O) groups is 2. The highest BCUT2D eigenvalue weighted by Gasteiger charge is 2.46. The van der Waals surface area contributed by atoms with Gasteiger partial charge in [-0.25, -0.2) is 4.98 Å². The van der Waals surface area contributed by atoms with Crippen molar-refractivity contribution in [2.24, 2.45) is 0 Å². The first-order valence-electron chi connectivity index (χ1n) is 9.53. The van der Waals surface area contributed by atoms with Crippen LogP contribution in [-0.2, 0) is 4.79 Å². The monoisotopic (exact) mass is 528 g/mol. The fraction of sp³-hybridized carbons (Fsp3) is 0.0870. The number of aliphatic hydroxyl groups excluding tert-OH is 1. The molecular weight excluding hydrogens is 516 g/mol. The summed E-state index contributed by atoms with van der Waals surface area (Å²) < 4.78 is 7.04. The molecule has 0 spiro atoms. The van der Waals surface area contributed by atoms with Crippen LogP contribution in [0.3, 0.4) is 0 Å². The predicted octanol–water partition coefficient (Wildman–Crippen LogP) is 6.40. The third-order valence-corrected chi connectivity index (χ3v) is 6.96. The summed E-state index contributed by atoms with van der Waals surface area (Å²) in [7, 11) is 0. The van der Waals surface area contributed by atoms with Crippen LogP contribution in [0.4, 0.5) is 5.13 Å². The SMILES string of the molecule is Cc1ccc(C(=O)C2=C(O)C(=O)N(c3nc4c(Cl)cccc4s3)C2c2cccc(Br)c2)o1. The van der Waals surface area contributed by atoms with Crippen LogP contribution in [0.15, 0.2) is 74.8 Å². The van der Waals surface area contributed by atoms with Crippen LogP contribution in [0.1, 0.15) is 27.9 Å². The minimum absolute atomic E-state index is 0.0473. The summed E-state index contributed by atoms with van der Waals surface area (Å²) in [5.74, 6) is -1.30. The minimum Gasteiger partial charge on any atom is -0.503 e. The molecule has 0 bridgehead atoms. The Morgan fingerprint density at radius 1 is 1.22 bits per heavy atom. The molecule has 1 unspecified atom stereocenters. The molecule has 2 aromatic heterocycles. The zero-order valence-corrected chi connectivity index (χ0v) is 19.7. The van der Waals surface area contributed by atoms with E-state index in [1.807, 2.05) is 12.1 Å². The number of halogens is 2. The highest BCUT2D eigenvalue weighted by Crippen LogP contribution is 2.45. The van der Waals surface area contributed by atoms with Crippen molar-refractivity contribution in [2.45, 2.75) is 13.0 Å². The summed E-state index contributed by atoms with van der Waals surface area (Å²) in [6.07, 6.45) is 0. The minimum atomic E-state index is -0.891. The van der Waals surface area contributed by atoms with E-state index in [1.54, 1.807) is 43.3 Å². The van der Waals surface area contributed by atoms with Gasteiger partial charge in [-0.3, -0.25) is 14.5 Å². The van der Waals surface area contributed by atoms with E-state index in [-0.39, 0.29) is 11.3 Å². The van der Waals surface area contributed by atoms with Gasteiger partial charge >= 0.3 is 0 Å². The molecule has 1 amide bonds. The van der Waals surface area contributed by atoms with Crippen LogP contribution in [0.25, 0.3) is 10.2 Å². The van der Waals surface area contributed by atoms with Crippen molar-refractivity contribution in [2.75, 3.05) is 4.90 Å². The number of hydrogen-bond donors (Lipinski definition) is 1. The van der Waals surface area contributed by atoms with Crippen molar-refractivity contribution < 1.29 is 19.1 Å². The van der Waals surface area contributed by atoms with Crippen LogP contribution in [0, 0.1) is 6.92 Å². The van der Waals surface area contributed by atoms with Gasteiger partial charge in [-0.15, -0.1) is 0 Å². The van der Waals surface area contributed by atoms with Gasteiger partial charge in [0, 0.05) is 4.47 Å². The molecule has 0 saturated carbocycles. The van der Waals surface area contributed by atoms with E-state index in [9.17, 15) is 14.7 Å². The van der Waals surface area contributed by atoms with Crippen molar-refractivity contribution in [3.05, 3.63) is 92.5 Å². The second-order valence-corrected chi connectivity index (χ2v) is 9.55. The number of anilines is 1. The number of aromatic nitrogens is 1. The molecular formula is C23H14BrClN2O4S. The standard InChI is InChI=1S/C23H14BrClN2O4S/c1-11-8-9-15(31-11)20(28)17-19(12-4-2-5-13(24)10-12)27(22(30)21(17)29)23-26-18-14(25)6-3-7-16(18)32-23/h2-10,19,29H,1H3. The highest BCUT2D eigenvalue weighted by molar-refractivity contribution is 9.10. The third-order valence-electron chi connectivity index (χ3n) is 5.15. The van der Waals surface area contributed by atoms with E-state index in [4.69, 9.17) is 16.0 Å². The number of Topliss-reactive ketones (excluding diaryl/α,β-unsaturated/α-hetero) is 1. The molecule has 32 heavy (non-hydrogen) atoms. The van der Waals surface area contributed by atoms with Gasteiger partial charge < -0.3 is 9.52 Å². The predicted molar refractivity (Wildman–Crippen MR) is 126 cm³/mol. The second-order valence-electron chi connectivity index (χ2n) is 7.22. The summed E-state index contributed by atoms with van der Waals surface area (Å²) in [6.45, 7) is 1.72. The lowest BCUT2D eigenvalue weighted by Gasteiger charge is -2.24. The molecule has 5 rings (SSSR count). The number of furan rings is 1. The van der Waals surface area contributed by atoms with Gasteiger partial charge in [-0.2, -0.15) is 0 Å². The van der Waals surface area contributed by atoms with Gasteiger partial charge in [0.15, 0.2) is 16.7 Å². The molecule has 0 aliphatic carbocycles. The number of fused-ring (bicyclic) bond motifs is 1. The normalized spacial score (nSPS) is 16.4. The van der Waals surface area contributed by atoms with Crippen molar-refractivity contribution in [1.29, 1.82) is 0 Å². The van der Waals surface area contributed by atoms with Gasteiger partial charge in [0.1, 0.15) is 11.3 Å². The molecule has 1 N–H and O–H groups in total. The molecule has 1 atom stereocenters. The maximum absolute atomic E-state index is 13.3. The number of nitrogens with zero attached hydrogens (tertiary/aromatic N) is 2. The Hall–Kier alpha value is -2.94. The summed E-state index contributed by atoms with van der Waals surface area (Å²) in [5, 5.41) is 11.6. The average Bonchev–Trinajstić information content (AvgIpc) is 3.45. The molecule has 0 saturated heterocycles. The summed E-state index contributed by atoms with van der Waals surface area (Å²) >= 11 is 11.0. The van der Waals surface area contributed by atoms with Crippen LogP contribution in [-0.4, -0.2) is 21.8 Å². The quantitative estimate of drug-likeness (QED) is 0.309. The van der Waals surface area contributed by atoms with Crippen LogP contribution in [0.5, 0.6) is 0 Å². The Balaban J connectivity index is 1.70. The molecule has 2 aromatic carbocycles. The first kappa shape index (κ1) is 20.9. The first-order chi connectivity index (χ1) is 15.3. The van der Waals surface area contributed by atoms with Crippen molar-refractivity contribution in [1.82, 2.24) is 4.98 Å². The number of para-hydroxylation sites is 1. The molecule has 6 nitrogen and oxygen atoms in total. The largest absolute Gasteiger partial charge is 0.503 e. The number of thiazole rings is 1. The van der Waals surface area contributed by atoms with Crippen LogP contribution >= 0.6 is 38.9 Å². The molecule has 3 heterocycles. The Labute approximate surface area is 199 Å². The zero-order valence-electron chi connectivity index (χ0n) is 16.5. The number of ketones is 1. The second kappa shape index (κ2) is 7.88. The highest BCUT2D eigenvalue weighted by atomic mass is 79.9. The van der Waals surface area contributed by atoms with Crippen molar-refractivity contribution >= 4 is 65.9 Å². The van der Waals surface area contributed by atoms with E-state index in [0.717, 1.165) is 9.17 Å². The van der Waals surface area contributed by atoms with Crippen LogP contribution in [0.2, 0.25) is 5.02 Å². The van der Waals surface area contributed by atoms with E-state index >= 15 is 0 Å². The fourth-order valence-corrected chi connectivity index (χ4v) is 5.43. The number of rotatable bonds is 4. The van der Waals surface area contributed by atoms with Gasteiger partial charge in [-0.05, 0) is 48.9 Å². The number of aliphatic hydroxyl groups is 1. The molecule has 1 aliphatic rings. The number of hydrogen-bond acceptors (Lipinski definition) is 6. The Morgan fingerprint density at radius 3 is 2.69 bits per heavy atom. The number of benzene rings is 2. The van der Waals surface area contributed by atoms with Gasteiger partial charge in [0.25, 0.3) is 5.91 Å². The summed E-state index contributed by atoms with van der Waals surface area (Å²) in [6, 6.07) is 14.9. The first-order valence-corrected chi connectivity index (χ1v) is 11.5. The molecule has 0 radical (unpaired) electrons. The van der Waals surface area contributed by atoms with Gasteiger partial charge in [0.2, 0.25) is 5.78 Å². The number of aryl methyl sites for hydroxylation is 1. The maximum atomic E-state index is 13.3. The third kappa shape index (κ3) is 3.35. The van der Waals surface area contributed by atoms with Gasteiger partial charge in [0.05, 0.1) is 21.3 Å². The maximum Gasteiger partial charge on any atom is 0.296 e. The average molecular weight is 530 g/mol. The fourth-order valence-electron chi connectivity index (χ4n) is 3.72. The number of carbonyl (C=O) groups excluding carboxylic acids is 2. The lowest BCUT2D eigenvalue weighted by molar-refractivity contribution is -0.117. The zero-order chi connectivity index (χ0) is 22.6. The van der Waals surface area contributed by atoms with Crippen molar-refractivity contribution in [3.8, 4) is 0 Å². The Bertz CT molecular complexity index is 1440. The van der Waals surface area contributed by atoms with E-state index in [0.29, 0.717) is 27.0 Å². The lowest BCUT2D eigenvalue weighted by Crippen LogP contribution is -2.31. The number of amides is 1. The Morgan fingerprint density at radius 2 is 2.00 bits per heavy atom. The smallest absolute Gasteiger partial charge is 0.296 e. The molecule has 0 fully saturated rings. The molecule has 4 aromatic rings. The van der Waals surface area contributed by atoms with E-state index < -0.39 is 23.5 Å². The molecule has 9 heteroatoms. The summed E-state index contributed by atoms with van der Waals surface area (Å²) in [4.78, 5) is 32.5. The van der Waals surface area contributed by atoms with Crippen LogP contribution < -0.4 is 4.90 Å². The molecule has 1 aliphatic heterocycles. The van der Waals surface area contributed by atoms with Gasteiger partial charge in [-0.1, -0.05) is 57.1 Å². The topological polar surface area (TPSA) is 83.6 Å². The lowest BCUT2D eigenvalue weighted by atomic mass is 9.95. The van der Waals surface area contributed by atoms with E-state index in [2.05, 4.69) is 20.9 Å². The Kier molecular flexibility index (Phi) is 5.16. The van der Waals surface area contributed by atoms with E-state index in [1.165, 1.54) is 22.3 Å². The van der Waals surface area contributed by atoms with Crippen molar-refractivity contribution in [3.63, 3.8) is 0 Å². The summed E-state index contributed by atoms with van der Waals surface area (Å²) in [5.41, 5.74) is 1.12. The molecule has 160 valence electrons.